The predicted molar refractivity (Wildman–Crippen MR) is 55.5 cm³/mol. The number of aromatic carboxylic acids is 1. The summed E-state index contributed by atoms with van der Waals surface area (Å²) in [6, 6.07) is 3.60. The molecule has 0 aliphatic rings. The lowest BCUT2D eigenvalue weighted by Crippen LogP contribution is -2.03. The second-order valence-electron chi connectivity index (χ2n) is 2.70. The monoisotopic (exact) mass is 259 g/mol. The summed E-state index contributed by atoms with van der Waals surface area (Å²) >= 11 is 4.89. The Labute approximate surface area is 86.7 Å². The van der Waals surface area contributed by atoms with Crippen LogP contribution in [0, 0.1) is 0 Å². The Balaban J connectivity index is 2.76. The van der Waals surface area contributed by atoms with Gasteiger partial charge in [-0.05, 0) is 28.1 Å². The van der Waals surface area contributed by atoms with Crippen LogP contribution >= 0.6 is 27.3 Å². The van der Waals surface area contributed by atoms with E-state index in [9.17, 15) is 4.79 Å². The largest absolute Gasteiger partial charge is 0.477 e. The summed E-state index contributed by atoms with van der Waals surface area (Å²) in [5, 5.41) is 9.80. The van der Waals surface area contributed by atoms with Gasteiger partial charge in [0.2, 0.25) is 0 Å². The number of hydrogen-bond acceptors (Lipinski definition) is 2. The second kappa shape index (κ2) is 2.85. The van der Waals surface area contributed by atoms with Crippen LogP contribution in [0.5, 0.6) is 0 Å². The van der Waals surface area contributed by atoms with Gasteiger partial charge in [-0.3, -0.25) is 0 Å². The number of carboxylic acids is 1. The molecule has 0 spiro atoms. The van der Waals surface area contributed by atoms with Gasteiger partial charge in [-0.15, -0.1) is 11.3 Å². The predicted octanol–water partition coefficient (Wildman–Crippen LogP) is 2.70. The first-order valence-electron chi connectivity index (χ1n) is 3.57. The lowest BCUT2D eigenvalue weighted by molar-refractivity contribution is 0.0687. The van der Waals surface area contributed by atoms with Crippen molar-refractivity contribution >= 4 is 43.5 Å². The molecule has 2 heterocycles. The molecule has 0 fully saturated rings. The Kier molecular flexibility index (Phi) is 1.92. The highest BCUT2D eigenvalue weighted by Gasteiger charge is 2.13. The summed E-state index contributed by atoms with van der Waals surface area (Å²) in [6.07, 6.45) is 0. The number of aryl methyl sites for hydroxylation is 1. The second-order valence-corrected chi connectivity index (χ2v) is 5.11. The Morgan fingerprint density at radius 1 is 1.62 bits per heavy atom. The zero-order valence-corrected chi connectivity index (χ0v) is 9.15. The third-order valence-electron chi connectivity index (χ3n) is 1.89. The average Bonchev–Trinajstić information content (AvgIpc) is 2.51. The van der Waals surface area contributed by atoms with Gasteiger partial charge in [0.25, 0.3) is 0 Å². The van der Waals surface area contributed by atoms with Crippen LogP contribution in [0.3, 0.4) is 0 Å². The molecule has 0 radical (unpaired) electrons. The minimum Gasteiger partial charge on any atom is -0.477 e. The maximum atomic E-state index is 10.7. The first-order chi connectivity index (χ1) is 6.09. The summed E-state index contributed by atoms with van der Waals surface area (Å²) in [7, 11) is 1.76. The zero-order valence-electron chi connectivity index (χ0n) is 6.74. The molecular weight excluding hydrogens is 254 g/mol. The highest BCUT2D eigenvalue weighted by Crippen LogP contribution is 2.31. The molecule has 0 saturated heterocycles. The number of carbonyl (C=O) groups is 1. The Morgan fingerprint density at radius 2 is 2.31 bits per heavy atom. The number of hydrogen-bond donors (Lipinski definition) is 1. The van der Waals surface area contributed by atoms with Crippen molar-refractivity contribution in [3.05, 3.63) is 21.6 Å². The first-order valence-corrected chi connectivity index (χ1v) is 5.18. The molecule has 2 rings (SSSR count). The van der Waals surface area contributed by atoms with E-state index in [1.54, 1.807) is 17.7 Å². The van der Waals surface area contributed by atoms with Crippen LogP contribution < -0.4 is 0 Å². The number of nitrogens with zero attached hydrogens (tertiary/aromatic N) is 1. The maximum absolute atomic E-state index is 10.7. The van der Waals surface area contributed by atoms with Crippen LogP contribution in [-0.2, 0) is 7.05 Å². The molecule has 1 N–H and O–H groups in total. The maximum Gasteiger partial charge on any atom is 0.352 e. The van der Waals surface area contributed by atoms with Gasteiger partial charge in [-0.1, -0.05) is 0 Å². The van der Waals surface area contributed by atoms with Gasteiger partial charge in [0.05, 0.1) is 3.79 Å². The minimum absolute atomic E-state index is 0.328. The van der Waals surface area contributed by atoms with Gasteiger partial charge in [0.1, 0.15) is 10.5 Å². The zero-order chi connectivity index (χ0) is 9.59. The normalized spacial score (nSPS) is 10.9. The quantitative estimate of drug-likeness (QED) is 0.856. The van der Waals surface area contributed by atoms with Crippen LogP contribution in [0.1, 0.15) is 10.5 Å². The molecule has 2 aromatic heterocycles. The van der Waals surface area contributed by atoms with Crippen molar-refractivity contribution in [1.82, 2.24) is 4.57 Å². The summed E-state index contributed by atoms with van der Waals surface area (Å²) < 4.78 is 2.71. The highest BCUT2D eigenvalue weighted by molar-refractivity contribution is 9.11. The Bertz CT molecular complexity index is 486. The number of thiophene rings is 1. The van der Waals surface area contributed by atoms with Gasteiger partial charge in [0.15, 0.2) is 0 Å². The first kappa shape index (κ1) is 8.77. The topological polar surface area (TPSA) is 42.2 Å². The number of halogens is 1. The van der Waals surface area contributed by atoms with Crippen molar-refractivity contribution in [2.45, 2.75) is 0 Å². The van der Waals surface area contributed by atoms with Gasteiger partial charge in [-0.2, -0.15) is 0 Å². The van der Waals surface area contributed by atoms with Crippen molar-refractivity contribution in [2.75, 3.05) is 0 Å². The van der Waals surface area contributed by atoms with E-state index in [2.05, 4.69) is 15.9 Å². The third-order valence-corrected chi connectivity index (χ3v) is 3.62. The SMILES string of the molecule is Cn1c(C(=O)O)cc2cc(Br)sc21. The Morgan fingerprint density at radius 3 is 2.85 bits per heavy atom. The van der Waals surface area contributed by atoms with Gasteiger partial charge in [-0.25, -0.2) is 4.79 Å². The fraction of sp³-hybridized carbons (Fsp3) is 0.125. The van der Waals surface area contributed by atoms with E-state index in [4.69, 9.17) is 5.11 Å². The molecule has 3 nitrogen and oxygen atoms in total. The molecule has 0 unspecified atom stereocenters. The van der Waals surface area contributed by atoms with E-state index >= 15 is 0 Å². The van der Waals surface area contributed by atoms with Gasteiger partial charge >= 0.3 is 5.97 Å². The van der Waals surface area contributed by atoms with E-state index in [1.807, 2.05) is 6.07 Å². The van der Waals surface area contributed by atoms with E-state index < -0.39 is 5.97 Å². The molecule has 0 bridgehead atoms. The molecule has 2 aromatic rings. The summed E-state index contributed by atoms with van der Waals surface area (Å²) in [6.45, 7) is 0. The minimum atomic E-state index is -0.887. The van der Waals surface area contributed by atoms with Gasteiger partial charge < -0.3 is 9.67 Å². The van der Waals surface area contributed by atoms with Crippen LogP contribution in [0.15, 0.2) is 15.9 Å². The highest BCUT2D eigenvalue weighted by atomic mass is 79.9. The lowest BCUT2D eigenvalue weighted by Gasteiger charge is -1.95. The van der Waals surface area contributed by atoms with E-state index in [-0.39, 0.29) is 0 Å². The standard InChI is InChI=1S/C8H6BrNO2S/c1-10-5(8(11)12)2-4-3-6(9)13-7(4)10/h2-3H,1H3,(H,11,12). The summed E-state index contributed by atoms with van der Waals surface area (Å²) in [4.78, 5) is 11.7. The summed E-state index contributed by atoms with van der Waals surface area (Å²) in [5.41, 5.74) is 0.328. The number of fused-ring (bicyclic) bond motifs is 1. The van der Waals surface area contributed by atoms with Crippen molar-refractivity contribution in [3.63, 3.8) is 0 Å². The van der Waals surface area contributed by atoms with E-state index in [0.717, 1.165) is 14.0 Å². The molecule has 0 atom stereocenters. The molecule has 0 aromatic carbocycles. The van der Waals surface area contributed by atoms with Crippen molar-refractivity contribution in [2.24, 2.45) is 7.05 Å². The lowest BCUT2D eigenvalue weighted by atomic mass is 10.4. The molecular formula is C8H6BrNO2S. The van der Waals surface area contributed by atoms with Crippen LogP contribution in [-0.4, -0.2) is 15.6 Å². The van der Waals surface area contributed by atoms with Crippen molar-refractivity contribution in [3.8, 4) is 0 Å². The van der Waals surface area contributed by atoms with Crippen LogP contribution in [0.4, 0.5) is 0 Å². The van der Waals surface area contributed by atoms with Crippen molar-refractivity contribution in [1.29, 1.82) is 0 Å². The number of aromatic nitrogens is 1. The summed E-state index contributed by atoms with van der Waals surface area (Å²) in [5.74, 6) is -0.887. The molecule has 13 heavy (non-hydrogen) atoms. The van der Waals surface area contributed by atoms with Crippen molar-refractivity contribution < 1.29 is 9.90 Å². The van der Waals surface area contributed by atoms with E-state index in [0.29, 0.717) is 5.69 Å². The van der Waals surface area contributed by atoms with Crippen LogP contribution in [0.25, 0.3) is 10.2 Å². The molecule has 68 valence electrons. The molecule has 0 aliphatic carbocycles. The van der Waals surface area contributed by atoms with Gasteiger partial charge in [0, 0.05) is 12.4 Å². The molecule has 5 heteroatoms. The fourth-order valence-corrected chi connectivity index (χ4v) is 2.84. The molecule has 0 saturated carbocycles. The average molecular weight is 260 g/mol. The Hall–Kier alpha value is -0.810. The van der Waals surface area contributed by atoms with E-state index in [1.165, 1.54) is 11.3 Å². The fourth-order valence-electron chi connectivity index (χ4n) is 1.29. The third kappa shape index (κ3) is 1.28. The molecule has 0 amide bonds. The smallest absolute Gasteiger partial charge is 0.352 e. The number of rotatable bonds is 1. The molecule has 0 aliphatic heterocycles. The number of carboxylic acid groups (broad SMARTS) is 1. The van der Waals surface area contributed by atoms with Crippen LogP contribution in [0.2, 0.25) is 0 Å².